The van der Waals surface area contributed by atoms with Gasteiger partial charge in [-0.1, -0.05) is 71.9 Å². The summed E-state index contributed by atoms with van der Waals surface area (Å²) in [5, 5.41) is 0. The summed E-state index contributed by atoms with van der Waals surface area (Å²) < 4.78 is 0. The van der Waals surface area contributed by atoms with Gasteiger partial charge in [-0.2, -0.15) is 0 Å². The average molecular weight is 361 g/mol. The van der Waals surface area contributed by atoms with Gasteiger partial charge in [0.25, 0.3) is 0 Å². The lowest BCUT2D eigenvalue weighted by Gasteiger charge is -2.31. The van der Waals surface area contributed by atoms with E-state index in [-0.39, 0.29) is 10.2 Å². The molecule has 1 aliphatic rings. The molecule has 1 fully saturated rings. The third-order valence-electron chi connectivity index (χ3n) is 4.71. The molecule has 2 heteroatoms. The highest BCUT2D eigenvalue weighted by Gasteiger charge is 2.39. The van der Waals surface area contributed by atoms with Crippen molar-refractivity contribution in [2.24, 2.45) is 5.41 Å². The van der Waals surface area contributed by atoms with Crippen LogP contribution in [0.4, 0.5) is 0 Å². The molecule has 1 aliphatic carbocycles. The number of hydrogen-bond donors (Lipinski definition) is 0. The highest BCUT2D eigenvalue weighted by atomic mass is 79.9. The van der Waals surface area contributed by atoms with E-state index in [4.69, 9.17) is 0 Å². The Kier molecular flexibility index (Phi) is 6.70. The molecule has 0 bridgehead atoms. The number of rotatable bonds is 4. The normalized spacial score (nSPS) is 23.3. The second-order valence-electron chi connectivity index (χ2n) is 6.42. The molecule has 2 atom stereocenters. The number of benzene rings is 1. The van der Waals surface area contributed by atoms with Gasteiger partial charge in [0, 0.05) is 29.5 Å². The van der Waals surface area contributed by atoms with Gasteiger partial charge in [-0.25, -0.2) is 0 Å². The maximum atomic E-state index is 12.4. The molecule has 1 aromatic carbocycles. The van der Waals surface area contributed by atoms with E-state index in [1.807, 2.05) is 18.2 Å². The standard InChI is InChI=1S/C20H25BrO/c1-20(16-10-4-9-15-19(20)22)18(21)14-8-3-7-13-17-11-5-2-6-12-17/h2,5-6,11-12,18H,4,8-10,13-16H2,1H3/t18?,20-/m0/s1. The van der Waals surface area contributed by atoms with E-state index < -0.39 is 0 Å². The molecule has 1 saturated carbocycles. The Balaban J connectivity index is 1.82. The number of carbonyl (C=O) groups is 1. The molecule has 0 heterocycles. The molecule has 0 aromatic heterocycles. The van der Waals surface area contributed by atoms with Crippen LogP contribution in [0.5, 0.6) is 0 Å². The maximum absolute atomic E-state index is 12.4. The van der Waals surface area contributed by atoms with Gasteiger partial charge in [-0.15, -0.1) is 5.92 Å². The predicted molar refractivity (Wildman–Crippen MR) is 96.1 cm³/mol. The average Bonchev–Trinajstić information content (AvgIpc) is 2.70. The Morgan fingerprint density at radius 1 is 1.18 bits per heavy atom. The summed E-state index contributed by atoms with van der Waals surface area (Å²) >= 11 is 3.78. The van der Waals surface area contributed by atoms with Crippen LogP contribution >= 0.6 is 15.9 Å². The number of ketones is 1. The van der Waals surface area contributed by atoms with E-state index in [1.54, 1.807) is 0 Å². The number of halogens is 1. The molecule has 0 spiro atoms. The van der Waals surface area contributed by atoms with Crippen molar-refractivity contribution in [1.82, 2.24) is 0 Å². The van der Waals surface area contributed by atoms with Crippen LogP contribution in [0.15, 0.2) is 30.3 Å². The van der Waals surface area contributed by atoms with E-state index in [0.29, 0.717) is 5.78 Å². The van der Waals surface area contributed by atoms with Gasteiger partial charge < -0.3 is 0 Å². The number of alkyl halides is 1. The van der Waals surface area contributed by atoms with Gasteiger partial charge in [0.2, 0.25) is 0 Å². The summed E-state index contributed by atoms with van der Waals surface area (Å²) in [4.78, 5) is 12.6. The van der Waals surface area contributed by atoms with Gasteiger partial charge in [0.15, 0.2) is 0 Å². The first-order valence-corrected chi connectivity index (χ1v) is 9.21. The van der Waals surface area contributed by atoms with Crippen molar-refractivity contribution in [2.75, 3.05) is 0 Å². The van der Waals surface area contributed by atoms with Crippen molar-refractivity contribution in [3.63, 3.8) is 0 Å². The molecule has 0 aliphatic heterocycles. The van der Waals surface area contributed by atoms with E-state index >= 15 is 0 Å². The molecule has 0 radical (unpaired) electrons. The van der Waals surface area contributed by atoms with E-state index in [9.17, 15) is 4.79 Å². The zero-order valence-corrected chi connectivity index (χ0v) is 15.0. The van der Waals surface area contributed by atoms with Gasteiger partial charge in [0.05, 0.1) is 0 Å². The Morgan fingerprint density at radius 2 is 1.95 bits per heavy atom. The molecular weight excluding hydrogens is 336 g/mol. The van der Waals surface area contributed by atoms with Crippen molar-refractivity contribution < 1.29 is 4.79 Å². The van der Waals surface area contributed by atoms with Crippen LogP contribution in [-0.4, -0.2) is 10.6 Å². The van der Waals surface area contributed by atoms with Crippen LogP contribution in [0, 0.1) is 17.3 Å². The van der Waals surface area contributed by atoms with Crippen molar-refractivity contribution >= 4 is 21.7 Å². The van der Waals surface area contributed by atoms with Crippen LogP contribution in [-0.2, 0) is 11.2 Å². The summed E-state index contributed by atoms with van der Waals surface area (Å²) in [5.74, 6) is 6.93. The van der Waals surface area contributed by atoms with Crippen LogP contribution in [0.25, 0.3) is 0 Å². The van der Waals surface area contributed by atoms with Crippen molar-refractivity contribution in [3.05, 3.63) is 35.9 Å². The van der Waals surface area contributed by atoms with Crippen LogP contribution in [0.2, 0.25) is 0 Å². The predicted octanol–water partition coefficient (Wildman–Crippen LogP) is 5.32. The number of Topliss-reactive ketones (excluding diaryl/α,β-unsaturated/α-hetero) is 1. The third-order valence-corrected chi connectivity index (χ3v) is 6.18. The second kappa shape index (κ2) is 8.53. The topological polar surface area (TPSA) is 17.1 Å². The van der Waals surface area contributed by atoms with Crippen molar-refractivity contribution in [1.29, 1.82) is 0 Å². The summed E-state index contributed by atoms with van der Waals surface area (Å²) in [6.07, 6.45) is 7.80. The number of hydrogen-bond acceptors (Lipinski definition) is 1. The fraction of sp³-hybridized carbons (Fsp3) is 0.550. The van der Waals surface area contributed by atoms with E-state index in [2.05, 4.69) is 46.8 Å². The van der Waals surface area contributed by atoms with Gasteiger partial charge in [-0.05, 0) is 24.8 Å². The minimum atomic E-state index is -0.197. The number of carbonyl (C=O) groups excluding carboxylic acids is 1. The first kappa shape index (κ1) is 17.3. The Morgan fingerprint density at radius 3 is 2.73 bits per heavy atom. The molecule has 22 heavy (non-hydrogen) atoms. The molecule has 0 saturated heterocycles. The van der Waals surface area contributed by atoms with Crippen molar-refractivity contribution in [3.8, 4) is 11.8 Å². The first-order valence-electron chi connectivity index (χ1n) is 8.30. The zero-order valence-electron chi connectivity index (χ0n) is 13.4. The van der Waals surface area contributed by atoms with Gasteiger partial charge >= 0.3 is 0 Å². The SMILES string of the molecule is C[C@@]1(C(Br)CCC#CCc2ccccc2)CCCCCC1=O. The molecule has 1 unspecified atom stereocenters. The molecule has 2 rings (SSSR count). The second-order valence-corrected chi connectivity index (χ2v) is 7.53. The Bertz CT molecular complexity index is 540. The molecule has 1 aromatic rings. The van der Waals surface area contributed by atoms with Crippen LogP contribution in [0.1, 0.15) is 57.4 Å². The molecule has 118 valence electrons. The third kappa shape index (κ3) is 4.71. The lowest BCUT2D eigenvalue weighted by molar-refractivity contribution is -0.127. The van der Waals surface area contributed by atoms with E-state index in [0.717, 1.165) is 38.5 Å². The summed E-state index contributed by atoms with van der Waals surface area (Å²) in [5.41, 5.74) is 1.06. The minimum absolute atomic E-state index is 0.197. The molecular formula is C20H25BrO. The molecule has 1 nitrogen and oxygen atoms in total. The fourth-order valence-corrected chi connectivity index (χ4v) is 3.79. The Hall–Kier alpha value is -1.07. The Labute approximate surface area is 143 Å². The largest absolute Gasteiger partial charge is 0.299 e. The maximum Gasteiger partial charge on any atom is 0.139 e. The van der Waals surface area contributed by atoms with Crippen LogP contribution < -0.4 is 0 Å². The molecule has 0 N–H and O–H groups in total. The smallest absolute Gasteiger partial charge is 0.139 e. The molecule has 0 amide bonds. The van der Waals surface area contributed by atoms with Crippen molar-refractivity contribution in [2.45, 2.75) is 63.1 Å². The quantitative estimate of drug-likeness (QED) is 0.403. The van der Waals surface area contributed by atoms with Gasteiger partial charge in [0.1, 0.15) is 5.78 Å². The summed E-state index contributed by atoms with van der Waals surface area (Å²) in [7, 11) is 0. The highest BCUT2D eigenvalue weighted by Crippen LogP contribution is 2.40. The summed E-state index contributed by atoms with van der Waals surface area (Å²) in [6.45, 7) is 2.14. The van der Waals surface area contributed by atoms with Crippen LogP contribution in [0.3, 0.4) is 0 Å². The minimum Gasteiger partial charge on any atom is -0.299 e. The lowest BCUT2D eigenvalue weighted by atomic mass is 9.77. The van der Waals surface area contributed by atoms with E-state index in [1.165, 1.54) is 18.4 Å². The first-order chi connectivity index (χ1) is 10.6. The lowest BCUT2D eigenvalue weighted by Crippen LogP contribution is -2.35. The zero-order chi connectivity index (χ0) is 15.8. The fourth-order valence-electron chi connectivity index (χ4n) is 3.08. The highest BCUT2D eigenvalue weighted by molar-refractivity contribution is 9.09. The summed E-state index contributed by atoms with van der Waals surface area (Å²) in [6, 6.07) is 10.3. The van der Waals surface area contributed by atoms with Gasteiger partial charge in [-0.3, -0.25) is 4.79 Å². The monoisotopic (exact) mass is 360 g/mol.